The highest BCUT2D eigenvalue weighted by Crippen LogP contribution is 2.54. The monoisotopic (exact) mass is 290 g/mol. The van der Waals surface area contributed by atoms with E-state index in [9.17, 15) is 4.39 Å². The second-order valence-corrected chi connectivity index (χ2v) is 6.17. The minimum Gasteiger partial charge on any atom is -0.207 e. The molecule has 82 valence electrons. The summed E-state index contributed by atoms with van der Waals surface area (Å²) in [6, 6.07) is 4.68. The molecule has 3 heteroatoms. The first-order valence-corrected chi connectivity index (χ1v) is 6.41. The molecule has 1 saturated carbocycles. The van der Waals surface area contributed by atoms with E-state index < -0.39 is 0 Å². The van der Waals surface area contributed by atoms with Gasteiger partial charge in [-0.05, 0) is 42.4 Å². The zero-order chi connectivity index (χ0) is 11.1. The molecule has 1 aliphatic rings. The molecule has 0 amide bonds. The Balaban J connectivity index is 2.18. The Morgan fingerprint density at radius 3 is 2.67 bits per heavy atom. The molecule has 0 nitrogen and oxygen atoms in total. The molecule has 1 aromatic carbocycles. The zero-order valence-electron chi connectivity index (χ0n) is 8.56. The summed E-state index contributed by atoms with van der Waals surface area (Å²) in [5.41, 5.74) is 1.41. The zero-order valence-corrected chi connectivity index (χ0v) is 10.9. The van der Waals surface area contributed by atoms with Crippen molar-refractivity contribution in [3.63, 3.8) is 0 Å². The fourth-order valence-electron chi connectivity index (χ4n) is 1.92. The van der Waals surface area contributed by atoms with E-state index in [1.165, 1.54) is 25.0 Å². The highest BCUT2D eigenvalue weighted by Gasteiger charge is 2.46. The largest absolute Gasteiger partial charge is 0.207 e. The third-order valence-corrected chi connectivity index (χ3v) is 4.62. The molecular weight excluding hydrogens is 278 g/mol. The van der Waals surface area contributed by atoms with E-state index in [2.05, 4.69) is 22.9 Å². The Labute approximate surface area is 103 Å². The van der Waals surface area contributed by atoms with E-state index in [0.29, 0.717) is 15.3 Å². The van der Waals surface area contributed by atoms with Crippen molar-refractivity contribution >= 4 is 27.5 Å². The van der Waals surface area contributed by atoms with Gasteiger partial charge in [0.25, 0.3) is 0 Å². The van der Waals surface area contributed by atoms with Gasteiger partial charge in [-0.1, -0.05) is 40.5 Å². The van der Waals surface area contributed by atoms with Crippen molar-refractivity contribution < 1.29 is 4.39 Å². The Morgan fingerprint density at radius 2 is 2.20 bits per heavy atom. The first kappa shape index (κ1) is 11.4. The van der Waals surface area contributed by atoms with Gasteiger partial charge >= 0.3 is 0 Å². The molecule has 1 atom stereocenters. The molecule has 1 fully saturated rings. The van der Waals surface area contributed by atoms with Crippen molar-refractivity contribution in [1.82, 2.24) is 0 Å². The molecule has 0 heterocycles. The van der Waals surface area contributed by atoms with Crippen LogP contribution in [0.4, 0.5) is 4.39 Å². The molecule has 1 unspecified atom stereocenters. The van der Waals surface area contributed by atoms with E-state index in [1.807, 2.05) is 0 Å². The Morgan fingerprint density at radius 1 is 1.53 bits per heavy atom. The van der Waals surface area contributed by atoms with Gasteiger partial charge in [0.05, 0.1) is 0 Å². The fourth-order valence-corrected chi connectivity index (χ4v) is 2.77. The maximum absolute atomic E-state index is 12.9. The molecule has 1 aliphatic carbocycles. The first-order valence-electron chi connectivity index (χ1n) is 5.11. The molecule has 0 bridgehead atoms. The quantitative estimate of drug-likeness (QED) is 0.715. The van der Waals surface area contributed by atoms with Crippen molar-refractivity contribution in [3.05, 3.63) is 34.6 Å². The van der Waals surface area contributed by atoms with Gasteiger partial charge in [-0.25, -0.2) is 4.39 Å². The summed E-state index contributed by atoms with van der Waals surface area (Å²) >= 11 is 9.65. The van der Waals surface area contributed by atoms with E-state index >= 15 is 0 Å². The van der Waals surface area contributed by atoms with Crippen LogP contribution in [0.25, 0.3) is 0 Å². The van der Waals surface area contributed by atoms with Crippen LogP contribution >= 0.6 is 27.5 Å². The summed E-state index contributed by atoms with van der Waals surface area (Å²) in [4.78, 5) is 0.492. The summed E-state index contributed by atoms with van der Waals surface area (Å²) in [5.74, 6) is -0.263. The van der Waals surface area contributed by atoms with Crippen LogP contribution < -0.4 is 0 Å². The van der Waals surface area contributed by atoms with Crippen molar-refractivity contribution in [1.29, 1.82) is 0 Å². The lowest BCUT2D eigenvalue weighted by molar-refractivity contribution is 0.508. The minimum atomic E-state index is -0.263. The number of rotatable bonds is 3. The predicted octanol–water partition coefficient (Wildman–Crippen LogP) is 4.59. The fraction of sp³-hybridized carbons (Fsp3) is 0.500. The van der Waals surface area contributed by atoms with Crippen molar-refractivity contribution in [2.24, 2.45) is 5.41 Å². The molecule has 0 aromatic heterocycles. The normalized spacial score (nSPS) is 20.0. The molecule has 0 aliphatic heterocycles. The average molecular weight is 292 g/mol. The van der Waals surface area contributed by atoms with Crippen LogP contribution in [0.2, 0.25) is 5.02 Å². The van der Waals surface area contributed by atoms with E-state index in [4.69, 9.17) is 11.6 Å². The summed E-state index contributed by atoms with van der Waals surface area (Å²) in [5, 5.41) is 0.550. The number of hydrogen-bond donors (Lipinski definition) is 0. The summed E-state index contributed by atoms with van der Waals surface area (Å²) in [7, 11) is 0. The smallest absolute Gasteiger partial charge is 0.124 e. The minimum absolute atomic E-state index is 0.263. The molecular formula is C12H13BrClF. The van der Waals surface area contributed by atoms with E-state index in [1.54, 1.807) is 6.07 Å². The molecule has 0 saturated heterocycles. The number of hydrogen-bond acceptors (Lipinski definition) is 0. The second-order valence-electron chi connectivity index (χ2n) is 4.39. The van der Waals surface area contributed by atoms with Gasteiger partial charge < -0.3 is 0 Å². The number of benzene rings is 1. The van der Waals surface area contributed by atoms with Crippen LogP contribution in [-0.2, 0) is 6.42 Å². The summed E-state index contributed by atoms with van der Waals surface area (Å²) < 4.78 is 12.9. The van der Waals surface area contributed by atoms with E-state index in [-0.39, 0.29) is 5.82 Å². The van der Waals surface area contributed by atoms with Gasteiger partial charge in [-0.15, -0.1) is 0 Å². The third kappa shape index (κ3) is 2.36. The van der Waals surface area contributed by atoms with Crippen LogP contribution in [-0.4, -0.2) is 4.83 Å². The lowest BCUT2D eigenvalue weighted by Crippen LogP contribution is -2.15. The van der Waals surface area contributed by atoms with Crippen LogP contribution in [0.3, 0.4) is 0 Å². The third-order valence-electron chi connectivity index (χ3n) is 3.29. The average Bonchev–Trinajstić information content (AvgIpc) is 2.91. The lowest BCUT2D eigenvalue weighted by atomic mass is 9.94. The van der Waals surface area contributed by atoms with Crippen LogP contribution in [0.1, 0.15) is 25.3 Å². The first-order chi connectivity index (χ1) is 7.03. The van der Waals surface area contributed by atoms with Gasteiger partial charge in [0.1, 0.15) is 5.82 Å². The second kappa shape index (κ2) is 4.06. The van der Waals surface area contributed by atoms with Gasteiger partial charge in [0.2, 0.25) is 0 Å². The maximum atomic E-state index is 12.9. The van der Waals surface area contributed by atoms with Gasteiger partial charge in [0.15, 0.2) is 0 Å². The Hall–Kier alpha value is -0.0800. The predicted molar refractivity (Wildman–Crippen MR) is 65.2 cm³/mol. The van der Waals surface area contributed by atoms with Crippen LogP contribution in [0, 0.1) is 11.2 Å². The number of alkyl halides is 1. The molecule has 0 spiro atoms. The molecule has 2 rings (SSSR count). The summed E-state index contributed by atoms with van der Waals surface area (Å²) in [6.07, 6.45) is 3.40. The SMILES string of the molecule is CC(Br)C1(Cc2ccc(F)cc2Cl)CC1. The lowest BCUT2D eigenvalue weighted by Gasteiger charge is -2.18. The van der Waals surface area contributed by atoms with Crippen molar-refractivity contribution in [3.8, 4) is 0 Å². The highest BCUT2D eigenvalue weighted by atomic mass is 79.9. The Kier molecular flexibility index (Phi) is 3.09. The topological polar surface area (TPSA) is 0 Å². The highest BCUT2D eigenvalue weighted by molar-refractivity contribution is 9.09. The molecule has 0 radical (unpaired) electrons. The van der Waals surface area contributed by atoms with Crippen molar-refractivity contribution in [2.45, 2.75) is 31.0 Å². The molecule has 0 N–H and O–H groups in total. The molecule has 15 heavy (non-hydrogen) atoms. The summed E-state index contributed by atoms with van der Waals surface area (Å²) in [6.45, 7) is 2.17. The maximum Gasteiger partial charge on any atom is 0.124 e. The van der Waals surface area contributed by atoms with E-state index in [0.717, 1.165) is 12.0 Å². The van der Waals surface area contributed by atoms with Gasteiger partial charge in [-0.3, -0.25) is 0 Å². The van der Waals surface area contributed by atoms with Crippen LogP contribution in [0.5, 0.6) is 0 Å². The van der Waals surface area contributed by atoms with Crippen LogP contribution in [0.15, 0.2) is 18.2 Å². The standard InChI is InChI=1S/C12H13BrClF/c1-8(13)12(4-5-12)7-9-2-3-10(15)6-11(9)14/h2-3,6,8H,4-5,7H2,1H3. The van der Waals surface area contributed by atoms with Crippen molar-refractivity contribution in [2.75, 3.05) is 0 Å². The van der Waals surface area contributed by atoms with Gasteiger partial charge in [0, 0.05) is 9.85 Å². The van der Waals surface area contributed by atoms with Gasteiger partial charge in [-0.2, -0.15) is 0 Å². The Bertz CT molecular complexity index is 372. The number of halogens is 3. The molecule has 1 aromatic rings.